The third kappa shape index (κ3) is 2.01. The highest BCUT2D eigenvalue weighted by molar-refractivity contribution is 4.73. The third-order valence-corrected chi connectivity index (χ3v) is 1.16. The van der Waals surface area contributed by atoms with E-state index in [4.69, 9.17) is 0 Å². The largest absolute Gasteiger partial charge is 1.00 e. The monoisotopic (exact) mass is 142 g/mol. The van der Waals surface area contributed by atoms with Crippen LogP contribution in [0.15, 0.2) is 31.4 Å². The Morgan fingerprint density at radius 3 is 2.80 bits per heavy atom. The lowest BCUT2D eigenvalue weighted by Gasteiger charge is -1.83. The number of halogens is 1. The first-order chi connectivity index (χ1) is 4.33. The first kappa shape index (κ1) is 8.88. The molecule has 2 nitrogen and oxygen atoms in total. The van der Waals surface area contributed by atoms with Crippen LogP contribution in [0.4, 0.5) is 0 Å². The molecule has 0 radical (unpaired) electrons. The molecule has 0 atom stereocenters. The number of imidazole rings is 1. The van der Waals surface area contributed by atoms with E-state index in [0.717, 1.165) is 6.54 Å². The Labute approximate surface area is 59.8 Å². The van der Waals surface area contributed by atoms with Gasteiger partial charge in [-0.05, 0) is 0 Å². The van der Waals surface area contributed by atoms with Gasteiger partial charge in [0.15, 0.2) is 0 Å². The van der Waals surface area contributed by atoms with Crippen LogP contribution in [0.1, 0.15) is 0 Å². The van der Waals surface area contributed by atoms with Crippen LogP contribution in [0.5, 0.6) is 0 Å². The van der Waals surface area contributed by atoms with Crippen LogP contribution >= 0.6 is 0 Å². The summed E-state index contributed by atoms with van der Waals surface area (Å²) in [6.45, 7) is 4.52. The van der Waals surface area contributed by atoms with Gasteiger partial charge in [0.2, 0.25) is 6.33 Å². The normalized spacial score (nSPS) is 8.50. The lowest BCUT2D eigenvalue weighted by molar-refractivity contribution is -0.671. The van der Waals surface area contributed by atoms with Crippen molar-refractivity contribution in [1.82, 2.24) is 4.57 Å². The highest BCUT2D eigenvalue weighted by Gasteiger charge is 1.93. The fraction of sp³-hybridized carbons (Fsp3) is 0.286. The van der Waals surface area contributed by atoms with Crippen molar-refractivity contribution in [3.63, 3.8) is 0 Å². The Hall–Kier alpha value is -1.12. The number of allylic oxidation sites excluding steroid dienone is 1. The van der Waals surface area contributed by atoms with E-state index in [0.29, 0.717) is 0 Å². The summed E-state index contributed by atoms with van der Waals surface area (Å²) in [4.78, 5) is 0. The molecule has 0 unspecified atom stereocenters. The van der Waals surface area contributed by atoms with Crippen LogP contribution in [0.3, 0.4) is 0 Å². The van der Waals surface area contributed by atoms with Crippen molar-refractivity contribution in [1.29, 1.82) is 0 Å². The van der Waals surface area contributed by atoms with Crippen LogP contribution in [-0.2, 0) is 13.6 Å². The van der Waals surface area contributed by atoms with Crippen molar-refractivity contribution < 1.29 is 9.27 Å². The minimum absolute atomic E-state index is 0. The van der Waals surface area contributed by atoms with E-state index in [9.17, 15) is 0 Å². The molecule has 0 aliphatic heterocycles. The van der Waals surface area contributed by atoms with Gasteiger partial charge in [-0.25, -0.2) is 9.13 Å². The Morgan fingerprint density at radius 2 is 2.40 bits per heavy atom. The Balaban J connectivity index is 0.000000810. The van der Waals surface area contributed by atoms with E-state index < -0.39 is 0 Å². The zero-order valence-corrected chi connectivity index (χ0v) is 6.00. The SMILES string of the molecule is C=CCn1cc[n+](C)c1.[F-]. The lowest BCUT2D eigenvalue weighted by Crippen LogP contribution is -3.00. The molecule has 0 fully saturated rings. The molecule has 1 aromatic rings. The van der Waals surface area contributed by atoms with Gasteiger partial charge < -0.3 is 4.70 Å². The third-order valence-electron chi connectivity index (χ3n) is 1.16. The summed E-state index contributed by atoms with van der Waals surface area (Å²) in [5, 5.41) is 0. The summed E-state index contributed by atoms with van der Waals surface area (Å²) in [6, 6.07) is 0. The van der Waals surface area contributed by atoms with Gasteiger partial charge >= 0.3 is 0 Å². The van der Waals surface area contributed by atoms with Gasteiger partial charge in [0.25, 0.3) is 0 Å². The smallest absolute Gasteiger partial charge is 0.243 e. The van der Waals surface area contributed by atoms with Gasteiger partial charge in [0, 0.05) is 0 Å². The molecule has 0 bridgehead atoms. The maximum Gasteiger partial charge on any atom is 0.243 e. The molecule has 0 aliphatic carbocycles. The Bertz CT molecular complexity index is 205. The summed E-state index contributed by atoms with van der Waals surface area (Å²) in [6.07, 6.45) is 7.91. The molecule has 0 spiro atoms. The topological polar surface area (TPSA) is 8.81 Å². The van der Waals surface area contributed by atoms with E-state index in [-0.39, 0.29) is 4.70 Å². The summed E-state index contributed by atoms with van der Waals surface area (Å²) in [5.74, 6) is 0. The second-order valence-electron chi connectivity index (χ2n) is 2.06. The predicted octanol–water partition coefficient (Wildman–Crippen LogP) is -2.50. The fourth-order valence-corrected chi connectivity index (χ4v) is 0.759. The predicted molar refractivity (Wildman–Crippen MR) is 35.8 cm³/mol. The summed E-state index contributed by atoms with van der Waals surface area (Å²) in [7, 11) is 2.00. The number of rotatable bonds is 2. The van der Waals surface area contributed by atoms with Gasteiger partial charge in [0.05, 0.1) is 7.05 Å². The maximum atomic E-state index is 3.64. The summed E-state index contributed by atoms with van der Waals surface area (Å²) < 4.78 is 4.07. The van der Waals surface area contributed by atoms with E-state index >= 15 is 0 Å². The molecular weight excluding hydrogens is 131 g/mol. The fourth-order valence-electron chi connectivity index (χ4n) is 0.759. The number of aryl methyl sites for hydroxylation is 1. The van der Waals surface area contributed by atoms with Crippen molar-refractivity contribution in [3.05, 3.63) is 31.4 Å². The zero-order chi connectivity index (χ0) is 6.69. The highest BCUT2D eigenvalue weighted by Crippen LogP contribution is 1.81. The molecule has 3 heteroatoms. The first-order valence-corrected chi connectivity index (χ1v) is 2.95. The van der Waals surface area contributed by atoms with Gasteiger partial charge in [-0.15, -0.1) is 0 Å². The molecule has 56 valence electrons. The quantitative estimate of drug-likeness (QED) is 0.319. The van der Waals surface area contributed by atoms with Crippen LogP contribution in [0, 0.1) is 0 Å². The molecule has 1 aromatic heterocycles. The summed E-state index contributed by atoms with van der Waals surface area (Å²) >= 11 is 0. The Morgan fingerprint density at radius 1 is 1.70 bits per heavy atom. The lowest BCUT2D eigenvalue weighted by atomic mass is 10.6. The number of nitrogens with zero attached hydrogens (tertiary/aromatic N) is 2. The maximum absolute atomic E-state index is 3.64. The van der Waals surface area contributed by atoms with Gasteiger partial charge in [0.1, 0.15) is 18.9 Å². The van der Waals surface area contributed by atoms with E-state index in [1.807, 2.05) is 36.4 Å². The molecule has 10 heavy (non-hydrogen) atoms. The van der Waals surface area contributed by atoms with Crippen molar-refractivity contribution >= 4 is 0 Å². The molecule has 0 aliphatic rings. The standard InChI is InChI=1S/C7H11N2.FH/c1-3-4-9-6-5-8(2)7-9;/h3,5-7H,1,4H2,2H3;1H/q+1;/p-1. The van der Waals surface area contributed by atoms with Crippen molar-refractivity contribution in [3.8, 4) is 0 Å². The molecule has 0 saturated heterocycles. The number of aromatic nitrogens is 2. The molecule has 0 saturated carbocycles. The molecular formula is C7H11FN2. The zero-order valence-electron chi connectivity index (χ0n) is 6.00. The van der Waals surface area contributed by atoms with E-state index in [1.165, 1.54) is 0 Å². The van der Waals surface area contributed by atoms with Crippen LogP contribution in [0.25, 0.3) is 0 Å². The number of hydrogen-bond acceptors (Lipinski definition) is 0. The molecule has 0 aromatic carbocycles. The highest BCUT2D eigenvalue weighted by atomic mass is 19.0. The summed E-state index contributed by atoms with van der Waals surface area (Å²) in [5.41, 5.74) is 0. The van der Waals surface area contributed by atoms with E-state index in [1.54, 1.807) is 0 Å². The molecule has 1 heterocycles. The number of hydrogen-bond donors (Lipinski definition) is 0. The average Bonchev–Trinajstić information content (AvgIpc) is 2.17. The average molecular weight is 142 g/mol. The second-order valence-corrected chi connectivity index (χ2v) is 2.06. The minimum atomic E-state index is 0. The Kier molecular flexibility index (Phi) is 3.39. The van der Waals surface area contributed by atoms with Crippen molar-refractivity contribution in [2.75, 3.05) is 0 Å². The van der Waals surface area contributed by atoms with Crippen LogP contribution < -0.4 is 9.27 Å². The van der Waals surface area contributed by atoms with Gasteiger partial charge in [-0.3, -0.25) is 0 Å². The molecule has 1 rings (SSSR count). The van der Waals surface area contributed by atoms with Gasteiger partial charge in [-0.1, -0.05) is 12.7 Å². The van der Waals surface area contributed by atoms with Crippen molar-refractivity contribution in [2.24, 2.45) is 7.05 Å². The minimum Gasteiger partial charge on any atom is -1.00 e. The van der Waals surface area contributed by atoms with Crippen LogP contribution in [0.2, 0.25) is 0 Å². The first-order valence-electron chi connectivity index (χ1n) is 2.95. The molecule has 0 amide bonds. The molecule has 0 N–H and O–H groups in total. The van der Waals surface area contributed by atoms with E-state index in [2.05, 4.69) is 11.1 Å². The van der Waals surface area contributed by atoms with Gasteiger partial charge in [-0.2, -0.15) is 0 Å². The van der Waals surface area contributed by atoms with Crippen LogP contribution in [-0.4, -0.2) is 4.57 Å². The second kappa shape index (κ2) is 3.82. The van der Waals surface area contributed by atoms with Crippen molar-refractivity contribution in [2.45, 2.75) is 6.54 Å².